The highest BCUT2D eigenvalue weighted by Crippen LogP contribution is 2.16. The maximum atomic E-state index is 8.80. The van der Waals surface area contributed by atoms with Gasteiger partial charge in [0.05, 0.1) is 11.6 Å². The Bertz CT molecular complexity index is 745. The van der Waals surface area contributed by atoms with Crippen molar-refractivity contribution in [2.75, 3.05) is 0 Å². The van der Waals surface area contributed by atoms with Gasteiger partial charge in [0.15, 0.2) is 12.4 Å². The summed E-state index contributed by atoms with van der Waals surface area (Å²) in [6.45, 7) is 0. The monoisotopic (exact) mass is 293 g/mol. The van der Waals surface area contributed by atoms with E-state index in [1.807, 2.05) is 53.4 Å². The second-order valence-electron chi connectivity index (χ2n) is 4.39. The molecule has 0 amide bonds. The Hall–Kier alpha value is -2.70. The Morgan fingerprint density at radius 3 is 1.95 bits per heavy atom. The van der Waals surface area contributed by atoms with Crippen LogP contribution in [0.2, 0.25) is 0 Å². The van der Waals surface area contributed by atoms with Crippen LogP contribution in [-0.2, 0) is 0 Å². The van der Waals surface area contributed by atoms with Crippen molar-refractivity contribution < 1.29 is 17.0 Å². The topological polar surface area (TPSA) is 40.6 Å². The second kappa shape index (κ2) is 6.65. The minimum Gasteiger partial charge on any atom is -1.00 e. The SMILES string of the molecule is N#Cc1ccc(-[n+]2ccc(-c3ccncc3)cc2)cc1.[Cl-]. The molecule has 0 aliphatic carbocycles. The van der Waals surface area contributed by atoms with Gasteiger partial charge in [0.1, 0.15) is 0 Å². The molecule has 0 aliphatic heterocycles. The molecule has 0 saturated carbocycles. The number of hydrogen-bond donors (Lipinski definition) is 0. The molecule has 0 radical (unpaired) electrons. The fourth-order valence-corrected chi connectivity index (χ4v) is 2.04. The van der Waals surface area contributed by atoms with Gasteiger partial charge in [-0.15, -0.1) is 0 Å². The largest absolute Gasteiger partial charge is 1.00 e. The highest BCUT2D eigenvalue weighted by molar-refractivity contribution is 5.61. The summed E-state index contributed by atoms with van der Waals surface area (Å²) in [7, 11) is 0. The zero-order chi connectivity index (χ0) is 13.8. The molecule has 3 rings (SSSR count). The molecule has 3 nitrogen and oxygen atoms in total. The highest BCUT2D eigenvalue weighted by atomic mass is 35.5. The summed E-state index contributed by atoms with van der Waals surface area (Å²) in [6, 6.07) is 17.7. The van der Waals surface area contributed by atoms with Gasteiger partial charge < -0.3 is 12.4 Å². The van der Waals surface area contributed by atoms with Gasteiger partial charge in [-0.3, -0.25) is 4.98 Å². The van der Waals surface area contributed by atoms with E-state index in [-0.39, 0.29) is 12.4 Å². The molecule has 2 heterocycles. The van der Waals surface area contributed by atoms with Crippen LogP contribution in [0.25, 0.3) is 16.8 Å². The van der Waals surface area contributed by atoms with E-state index in [0.29, 0.717) is 5.56 Å². The molecule has 2 aromatic heterocycles. The molecule has 0 spiro atoms. The van der Waals surface area contributed by atoms with Crippen LogP contribution in [0.4, 0.5) is 0 Å². The molecule has 0 atom stereocenters. The normalized spacial score (nSPS) is 9.48. The van der Waals surface area contributed by atoms with Crippen molar-refractivity contribution in [1.29, 1.82) is 5.26 Å². The van der Waals surface area contributed by atoms with Crippen molar-refractivity contribution in [3.63, 3.8) is 0 Å². The van der Waals surface area contributed by atoms with E-state index in [9.17, 15) is 0 Å². The summed E-state index contributed by atoms with van der Waals surface area (Å²) in [4.78, 5) is 4.02. The van der Waals surface area contributed by atoms with Gasteiger partial charge in [-0.05, 0) is 35.4 Å². The number of rotatable bonds is 2. The number of pyridine rings is 2. The fourth-order valence-electron chi connectivity index (χ4n) is 2.04. The lowest BCUT2D eigenvalue weighted by Crippen LogP contribution is -3.00. The highest BCUT2D eigenvalue weighted by Gasteiger charge is 2.06. The molecule has 1 aromatic carbocycles. The van der Waals surface area contributed by atoms with Crippen molar-refractivity contribution in [3.05, 3.63) is 78.9 Å². The Labute approximate surface area is 129 Å². The average Bonchev–Trinajstić information content (AvgIpc) is 2.56. The number of nitrogens with zero attached hydrogens (tertiary/aromatic N) is 3. The first kappa shape index (κ1) is 14.7. The van der Waals surface area contributed by atoms with E-state index in [4.69, 9.17) is 5.26 Å². The lowest BCUT2D eigenvalue weighted by molar-refractivity contribution is -0.595. The van der Waals surface area contributed by atoms with Crippen molar-refractivity contribution in [2.45, 2.75) is 0 Å². The molecule has 3 aromatic rings. The van der Waals surface area contributed by atoms with Crippen LogP contribution in [0.5, 0.6) is 0 Å². The molecular weight excluding hydrogens is 282 g/mol. The first-order valence-corrected chi connectivity index (χ1v) is 6.29. The van der Waals surface area contributed by atoms with Gasteiger partial charge in [0.25, 0.3) is 0 Å². The first-order chi connectivity index (χ1) is 9.86. The Morgan fingerprint density at radius 2 is 1.38 bits per heavy atom. The predicted molar refractivity (Wildman–Crippen MR) is 75.9 cm³/mol. The molecular formula is C17H12ClN3. The zero-order valence-corrected chi connectivity index (χ0v) is 11.9. The molecule has 0 bridgehead atoms. The summed E-state index contributed by atoms with van der Waals surface area (Å²) in [5.74, 6) is 0. The molecule has 102 valence electrons. The minimum atomic E-state index is 0. The van der Waals surface area contributed by atoms with Crippen molar-refractivity contribution >= 4 is 0 Å². The van der Waals surface area contributed by atoms with Crippen LogP contribution in [0, 0.1) is 11.3 Å². The van der Waals surface area contributed by atoms with Crippen LogP contribution in [0.3, 0.4) is 0 Å². The number of halogens is 1. The second-order valence-corrected chi connectivity index (χ2v) is 4.39. The van der Waals surface area contributed by atoms with E-state index < -0.39 is 0 Å². The van der Waals surface area contributed by atoms with Crippen molar-refractivity contribution in [2.24, 2.45) is 0 Å². The molecule has 0 saturated heterocycles. The van der Waals surface area contributed by atoms with Crippen LogP contribution in [0.15, 0.2) is 73.3 Å². The average molecular weight is 294 g/mol. The van der Waals surface area contributed by atoms with Crippen LogP contribution >= 0.6 is 0 Å². The lowest BCUT2D eigenvalue weighted by Gasteiger charge is -2.00. The van der Waals surface area contributed by atoms with E-state index in [1.54, 1.807) is 12.4 Å². The van der Waals surface area contributed by atoms with Gasteiger partial charge in [0, 0.05) is 36.7 Å². The van der Waals surface area contributed by atoms with Crippen molar-refractivity contribution in [3.8, 4) is 22.9 Å². The smallest absolute Gasteiger partial charge is 0.210 e. The Morgan fingerprint density at radius 1 is 0.810 bits per heavy atom. The van der Waals surface area contributed by atoms with Gasteiger partial charge >= 0.3 is 0 Å². The fraction of sp³-hybridized carbons (Fsp3) is 0. The lowest BCUT2D eigenvalue weighted by atomic mass is 10.1. The summed E-state index contributed by atoms with van der Waals surface area (Å²) >= 11 is 0. The van der Waals surface area contributed by atoms with Gasteiger partial charge in [-0.2, -0.15) is 9.83 Å². The third-order valence-electron chi connectivity index (χ3n) is 3.14. The number of aromatic nitrogens is 2. The van der Waals surface area contributed by atoms with Crippen LogP contribution in [-0.4, -0.2) is 4.98 Å². The third kappa shape index (κ3) is 3.25. The third-order valence-corrected chi connectivity index (χ3v) is 3.14. The summed E-state index contributed by atoms with van der Waals surface area (Å²) in [5, 5.41) is 8.80. The predicted octanol–water partition coefficient (Wildman–Crippen LogP) is -0.0990. The molecule has 0 fully saturated rings. The minimum absolute atomic E-state index is 0. The van der Waals surface area contributed by atoms with Crippen LogP contribution in [0.1, 0.15) is 5.56 Å². The molecule has 0 unspecified atom stereocenters. The quantitative estimate of drug-likeness (QED) is 0.619. The molecule has 21 heavy (non-hydrogen) atoms. The molecule has 0 aliphatic rings. The standard InChI is InChI=1S/C17H12N3.ClH/c18-13-14-1-3-17(4-2-14)20-11-7-16(8-12-20)15-5-9-19-10-6-15;/h1-12H;1H/q+1;/p-1. The Kier molecular flexibility index (Phi) is 4.65. The summed E-state index contributed by atoms with van der Waals surface area (Å²) < 4.78 is 2.02. The zero-order valence-electron chi connectivity index (χ0n) is 11.1. The van der Waals surface area contributed by atoms with Gasteiger partial charge in [0.2, 0.25) is 5.69 Å². The molecule has 4 heteroatoms. The maximum absolute atomic E-state index is 8.80. The van der Waals surface area contributed by atoms with Gasteiger partial charge in [-0.25, -0.2) is 0 Å². The Balaban J connectivity index is 0.00000161. The van der Waals surface area contributed by atoms with E-state index in [2.05, 4.69) is 23.2 Å². The van der Waals surface area contributed by atoms with Gasteiger partial charge in [-0.1, -0.05) is 0 Å². The summed E-state index contributed by atoms with van der Waals surface area (Å²) in [6.07, 6.45) is 7.60. The first-order valence-electron chi connectivity index (χ1n) is 6.29. The number of hydrogen-bond acceptors (Lipinski definition) is 2. The maximum Gasteiger partial charge on any atom is 0.210 e. The number of benzene rings is 1. The summed E-state index contributed by atoms with van der Waals surface area (Å²) in [5.41, 5.74) is 4.00. The van der Waals surface area contributed by atoms with Crippen molar-refractivity contribution in [1.82, 2.24) is 4.98 Å². The van der Waals surface area contributed by atoms with E-state index >= 15 is 0 Å². The van der Waals surface area contributed by atoms with E-state index in [1.165, 1.54) is 0 Å². The number of nitriles is 1. The van der Waals surface area contributed by atoms with Crippen LogP contribution < -0.4 is 17.0 Å². The van der Waals surface area contributed by atoms with E-state index in [0.717, 1.165) is 16.8 Å². The molecule has 0 N–H and O–H groups in total.